The summed E-state index contributed by atoms with van der Waals surface area (Å²) in [5.41, 5.74) is 3.41. The molecule has 0 aliphatic heterocycles. The molecule has 1 amide bonds. The Morgan fingerprint density at radius 2 is 2.00 bits per heavy atom. The summed E-state index contributed by atoms with van der Waals surface area (Å²) in [5.74, 6) is 0.507. The second-order valence-corrected chi connectivity index (χ2v) is 7.03. The summed E-state index contributed by atoms with van der Waals surface area (Å²) < 4.78 is 6.40. The fourth-order valence-electron chi connectivity index (χ4n) is 2.01. The van der Waals surface area contributed by atoms with Gasteiger partial charge in [0, 0.05) is 4.90 Å². The number of nitrogens with one attached hydrogen (secondary N) is 1. The molecular weight excluding hydrogens is 342 g/mol. The van der Waals surface area contributed by atoms with Gasteiger partial charge < -0.3 is 10.1 Å². The Balaban J connectivity index is 1.63. The number of hydrogen-bond donors (Lipinski definition) is 1. The normalized spacial score (nSPS) is 10.4. The number of carbonyl (C=O) groups excluding carboxylic acids is 1. The minimum Gasteiger partial charge on any atom is -0.483 e. The quantitative estimate of drug-likeness (QED) is 0.722. The fraction of sp³-hybridized carbons (Fsp3) is 0.118. The standard InChI is InChI=1S/C17H15N3O2S2/c1-12-6-2-4-8-14(12)22-10-16(21)19-13-7-3-5-9-15(13)24-17-20-18-11-23-17/h2-9,11H,10H2,1H3,(H,19,21). The van der Waals surface area contributed by atoms with Crippen LogP contribution in [0.4, 0.5) is 5.69 Å². The molecule has 0 saturated heterocycles. The SMILES string of the molecule is Cc1ccccc1OCC(=O)Nc1ccccc1Sc1nncs1. The number of amides is 1. The molecule has 0 saturated carbocycles. The van der Waals surface area contributed by atoms with Gasteiger partial charge in [0.2, 0.25) is 0 Å². The number of hydrogen-bond acceptors (Lipinski definition) is 6. The van der Waals surface area contributed by atoms with Crippen molar-refractivity contribution in [1.29, 1.82) is 0 Å². The molecule has 0 unspecified atom stereocenters. The van der Waals surface area contributed by atoms with Gasteiger partial charge in [-0.2, -0.15) is 0 Å². The Morgan fingerprint density at radius 1 is 1.21 bits per heavy atom. The maximum absolute atomic E-state index is 12.2. The highest BCUT2D eigenvalue weighted by Crippen LogP contribution is 2.33. The van der Waals surface area contributed by atoms with Crippen LogP contribution in [0.2, 0.25) is 0 Å². The summed E-state index contributed by atoms with van der Waals surface area (Å²) in [5, 5.41) is 10.7. The van der Waals surface area contributed by atoms with Crippen LogP contribution in [0.5, 0.6) is 5.75 Å². The molecule has 2 aromatic carbocycles. The van der Waals surface area contributed by atoms with E-state index in [0.29, 0.717) is 5.75 Å². The number of carbonyl (C=O) groups is 1. The van der Waals surface area contributed by atoms with Gasteiger partial charge in [-0.25, -0.2) is 0 Å². The number of aromatic nitrogens is 2. The van der Waals surface area contributed by atoms with Gasteiger partial charge in [0.15, 0.2) is 10.9 Å². The molecule has 7 heteroatoms. The molecular formula is C17H15N3O2S2. The second kappa shape index (κ2) is 7.94. The average molecular weight is 357 g/mol. The summed E-state index contributed by atoms with van der Waals surface area (Å²) in [4.78, 5) is 13.1. The Labute approximate surface area is 148 Å². The third-order valence-corrected chi connectivity index (χ3v) is 5.00. The highest BCUT2D eigenvalue weighted by Gasteiger charge is 2.10. The molecule has 1 heterocycles. The lowest BCUT2D eigenvalue weighted by molar-refractivity contribution is -0.118. The van der Waals surface area contributed by atoms with Gasteiger partial charge in [0.25, 0.3) is 5.91 Å². The molecule has 0 atom stereocenters. The largest absolute Gasteiger partial charge is 0.483 e. The van der Waals surface area contributed by atoms with Crippen molar-refractivity contribution >= 4 is 34.7 Å². The number of rotatable bonds is 6. The number of nitrogens with zero attached hydrogens (tertiary/aromatic N) is 2. The van der Waals surface area contributed by atoms with E-state index in [2.05, 4.69) is 15.5 Å². The van der Waals surface area contributed by atoms with E-state index in [1.54, 1.807) is 5.51 Å². The van der Waals surface area contributed by atoms with Crippen molar-refractivity contribution in [3.8, 4) is 5.75 Å². The van der Waals surface area contributed by atoms with E-state index in [-0.39, 0.29) is 12.5 Å². The monoisotopic (exact) mass is 357 g/mol. The summed E-state index contributed by atoms with van der Waals surface area (Å²) in [6, 6.07) is 15.2. The van der Waals surface area contributed by atoms with E-state index in [1.165, 1.54) is 23.1 Å². The second-order valence-electron chi connectivity index (χ2n) is 4.91. The average Bonchev–Trinajstić information content (AvgIpc) is 3.09. The molecule has 0 bridgehead atoms. The van der Waals surface area contributed by atoms with Crippen LogP contribution in [0, 0.1) is 6.92 Å². The van der Waals surface area contributed by atoms with Crippen LogP contribution in [0.25, 0.3) is 0 Å². The Morgan fingerprint density at radius 3 is 2.79 bits per heavy atom. The summed E-state index contributed by atoms with van der Waals surface area (Å²) in [6.45, 7) is 1.91. The predicted molar refractivity (Wildman–Crippen MR) is 95.8 cm³/mol. The molecule has 24 heavy (non-hydrogen) atoms. The van der Waals surface area contributed by atoms with Gasteiger partial charge >= 0.3 is 0 Å². The third kappa shape index (κ3) is 4.33. The molecule has 0 spiro atoms. The van der Waals surface area contributed by atoms with Crippen molar-refractivity contribution in [3.05, 3.63) is 59.6 Å². The van der Waals surface area contributed by atoms with E-state index in [9.17, 15) is 4.79 Å². The van der Waals surface area contributed by atoms with Crippen LogP contribution >= 0.6 is 23.1 Å². The lowest BCUT2D eigenvalue weighted by Gasteiger charge is -2.11. The van der Waals surface area contributed by atoms with Crippen LogP contribution in [0.1, 0.15) is 5.56 Å². The van der Waals surface area contributed by atoms with E-state index in [1.807, 2.05) is 55.5 Å². The van der Waals surface area contributed by atoms with E-state index in [0.717, 1.165) is 20.5 Å². The van der Waals surface area contributed by atoms with E-state index < -0.39 is 0 Å². The summed E-state index contributed by atoms with van der Waals surface area (Å²) >= 11 is 2.93. The van der Waals surface area contributed by atoms with Crippen molar-refractivity contribution in [3.63, 3.8) is 0 Å². The van der Waals surface area contributed by atoms with Crippen LogP contribution in [0.3, 0.4) is 0 Å². The molecule has 3 aromatic rings. The number of benzene rings is 2. The first kappa shape index (κ1) is 16.5. The molecule has 1 aromatic heterocycles. The first-order valence-corrected chi connectivity index (χ1v) is 8.93. The van der Waals surface area contributed by atoms with Crippen LogP contribution in [0.15, 0.2) is 63.3 Å². The van der Waals surface area contributed by atoms with Gasteiger partial charge in [-0.15, -0.1) is 10.2 Å². The van der Waals surface area contributed by atoms with Crippen molar-refractivity contribution in [2.75, 3.05) is 11.9 Å². The minimum atomic E-state index is -0.205. The summed E-state index contributed by atoms with van der Waals surface area (Å²) in [7, 11) is 0. The number of para-hydroxylation sites is 2. The molecule has 0 aliphatic carbocycles. The van der Waals surface area contributed by atoms with Gasteiger partial charge in [-0.1, -0.05) is 53.4 Å². The van der Waals surface area contributed by atoms with Gasteiger partial charge in [-0.05, 0) is 30.7 Å². The van der Waals surface area contributed by atoms with Crippen molar-refractivity contribution in [1.82, 2.24) is 10.2 Å². The zero-order valence-corrected chi connectivity index (χ0v) is 14.6. The Kier molecular flexibility index (Phi) is 5.45. The first-order valence-electron chi connectivity index (χ1n) is 7.24. The van der Waals surface area contributed by atoms with Crippen molar-refractivity contribution < 1.29 is 9.53 Å². The van der Waals surface area contributed by atoms with E-state index >= 15 is 0 Å². The molecule has 0 aliphatic rings. The smallest absolute Gasteiger partial charge is 0.262 e. The Bertz CT molecular complexity index is 822. The lowest BCUT2D eigenvalue weighted by Crippen LogP contribution is -2.20. The van der Waals surface area contributed by atoms with E-state index in [4.69, 9.17) is 4.74 Å². The van der Waals surface area contributed by atoms with Crippen LogP contribution in [-0.2, 0) is 4.79 Å². The highest BCUT2D eigenvalue weighted by molar-refractivity contribution is 8.01. The van der Waals surface area contributed by atoms with Gasteiger partial charge in [0.05, 0.1) is 5.69 Å². The topological polar surface area (TPSA) is 64.1 Å². The zero-order chi connectivity index (χ0) is 16.8. The maximum atomic E-state index is 12.2. The molecule has 1 N–H and O–H groups in total. The van der Waals surface area contributed by atoms with Crippen LogP contribution < -0.4 is 10.1 Å². The molecule has 0 fully saturated rings. The lowest BCUT2D eigenvalue weighted by atomic mass is 10.2. The molecule has 3 rings (SSSR count). The summed E-state index contributed by atoms with van der Waals surface area (Å²) in [6.07, 6.45) is 0. The number of ether oxygens (including phenoxy) is 1. The minimum absolute atomic E-state index is 0.0390. The zero-order valence-electron chi connectivity index (χ0n) is 12.9. The number of aryl methyl sites for hydroxylation is 1. The fourth-order valence-corrected chi connectivity index (χ4v) is 3.53. The van der Waals surface area contributed by atoms with Gasteiger partial charge in [-0.3, -0.25) is 4.79 Å². The Hall–Kier alpha value is -2.38. The van der Waals surface area contributed by atoms with Gasteiger partial charge in [0.1, 0.15) is 11.3 Å². The predicted octanol–water partition coefficient (Wildman–Crippen LogP) is 4.02. The molecule has 5 nitrogen and oxygen atoms in total. The maximum Gasteiger partial charge on any atom is 0.262 e. The first-order chi connectivity index (χ1) is 11.7. The molecule has 0 radical (unpaired) electrons. The van der Waals surface area contributed by atoms with Crippen molar-refractivity contribution in [2.45, 2.75) is 16.2 Å². The number of anilines is 1. The van der Waals surface area contributed by atoms with Crippen molar-refractivity contribution in [2.24, 2.45) is 0 Å². The van der Waals surface area contributed by atoms with Crippen LogP contribution in [-0.4, -0.2) is 22.7 Å². The molecule has 122 valence electrons. The third-order valence-electron chi connectivity index (χ3n) is 3.15. The highest BCUT2D eigenvalue weighted by atomic mass is 32.2.